The number of thiazole rings is 1. The number of anilines is 1. The first-order valence-corrected chi connectivity index (χ1v) is 9.78. The first kappa shape index (κ1) is 18.9. The van der Waals surface area contributed by atoms with Crippen molar-refractivity contribution in [3.63, 3.8) is 0 Å². The standard InChI is InChI=1S/C20H17FN6OS/c1-13-24-25-26-27(13)16-7-8-17(21)18(11-16)23-19(28)10-15-12-29-20(22-15)9-14-5-3-2-4-6-14/h2-8,11-12H,9-10H2,1H3,(H,23,28). The van der Waals surface area contributed by atoms with Gasteiger partial charge in [0.15, 0.2) is 5.82 Å². The molecule has 0 atom stereocenters. The van der Waals surface area contributed by atoms with Crippen LogP contribution in [-0.2, 0) is 17.6 Å². The monoisotopic (exact) mass is 408 g/mol. The minimum atomic E-state index is -0.532. The maximum atomic E-state index is 14.2. The van der Waals surface area contributed by atoms with Gasteiger partial charge in [0.1, 0.15) is 5.82 Å². The molecule has 146 valence electrons. The summed E-state index contributed by atoms with van der Waals surface area (Å²) in [5, 5.41) is 16.6. The number of carbonyl (C=O) groups excluding carboxylic acids is 1. The second kappa shape index (κ2) is 8.27. The molecule has 0 saturated carbocycles. The fraction of sp³-hybridized carbons (Fsp3) is 0.150. The number of benzene rings is 2. The third-order valence-electron chi connectivity index (χ3n) is 4.23. The molecule has 0 radical (unpaired) electrons. The summed E-state index contributed by atoms with van der Waals surface area (Å²) in [6.45, 7) is 1.73. The molecule has 2 aromatic carbocycles. The van der Waals surface area contributed by atoms with Crippen LogP contribution >= 0.6 is 11.3 Å². The molecule has 2 aromatic heterocycles. The Labute approximate surface area is 170 Å². The number of halogens is 1. The van der Waals surface area contributed by atoms with E-state index >= 15 is 0 Å². The summed E-state index contributed by atoms with van der Waals surface area (Å²) in [7, 11) is 0. The predicted molar refractivity (Wildman–Crippen MR) is 108 cm³/mol. The summed E-state index contributed by atoms with van der Waals surface area (Å²) in [6.07, 6.45) is 0.786. The third-order valence-corrected chi connectivity index (χ3v) is 5.13. The molecule has 29 heavy (non-hydrogen) atoms. The van der Waals surface area contributed by atoms with Gasteiger partial charge in [0, 0.05) is 11.8 Å². The number of tetrazole rings is 1. The molecule has 2 heterocycles. The van der Waals surface area contributed by atoms with Gasteiger partial charge in [0.25, 0.3) is 0 Å². The number of aryl methyl sites for hydroxylation is 1. The van der Waals surface area contributed by atoms with Crippen molar-refractivity contribution in [1.29, 1.82) is 0 Å². The van der Waals surface area contributed by atoms with Crippen LogP contribution in [0.3, 0.4) is 0 Å². The van der Waals surface area contributed by atoms with E-state index in [1.807, 2.05) is 35.7 Å². The van der Waals surface area contributed by atoms with Crippen LogP contribution in [-0.4, -0.2) is 31.1 Å². The fourth-order valence-electron chi connectivity index (χ4n) is 2.85. The minimum absolute atomic E-state index is 0.0683. The van der Waals surface area contributed by atoms with Crippen LogP contribution in [0.25, 0.3) is 5.69 Å². The number of rotatable bonds is 6. The SMILES string of the molecule is Cc1nnnn1-c1ccc(F)c(NC(=O)Cc2csc(Cc3ccccc3)n2)c1. The zero-order valence-corrected chi connectivity index (χ0v) is 16.4. The minimum Gasteiger partial charge on any atom is -0.323 e. The van der Waals surface area contributed by atoms with Crippen LogP contribution in [0.5, 0.6) is 0 Å². The Kier molecular flexibility index (Phi) is 5.39. The molecule has 0 aliphatic rings. The zero-order valence-electron chi connectivity index (χ0n) is 15.5. The van der Waals surface area contributed by atoms with Gasteiger partial charge in [-0.3, -0.25) is 4.79 Å². The van der Waals surface area contributed by atoms with Crippen molar-refractivity contribution in [3.05, 3.63) is 81.8 Å². The second-order valence-corrected chi connectivity index (χ2v) is 7.36. The normalized spacial score (nSPS) is 10.8. The van der Waals surface area contributed by atoms with E-state index in [1.165, 1.54) is 28.2 Å². The van der Waals surface area contributed by atoms with Crippen LogP contribution in [0.1, 0.15) is 22.1 Å². The molecule has 0 unspecified atom stereocenters. The van der Waals surface area contributed by atoms with Gasteiger partial charge in [0.05, 0.1) is 28.5 Å². The summed E-state index contributed by atoms with van der Waals surface area (Å²) in [5.41, 5.74) is 2.45. The van der Waals surface area contributed by atoms with Crippen molar-refractivity contribution in [3.8, 4) is 5.69 Å². The lowest BCUT2D eigenvalue weighted by Crippen LogP contribution is -2.16. The smallest absolute Gasteiger partial charge is 0.230 e. The molecule has 4 rings (SSSR count). The molecular weight excluding hydrogens is 391 g/mol. The zero-order chi connectivity index (χ0) is 20.2. The van der Waals surface area contributed by atoms with E-state index < -0.39 is 5.82 Å². The predicted octanol–water partition coefficient (Wildman–Crippen LogP) is 3.34. The molecule has 0 fully saturated rings. The van der Waals surface area contributed by atoms with Crippen molar-refractivity contribution in [1.82, 2.24) is 25.2 Å². The van der Waals surface area contributed by atoms with Gasteiger partial charge in [-0.05, 0) is 41.1 Å². The van der Waals surface area contributed by atoms with Gasteiger partial charge >= 0.3 is 0 Å². The van der Waals surface area contributed by atoms with Crippen molar-refractivity contribution < 1.29 is 9.18 Å². The maximum Gasteiger partial charge on any atom is 0.230 e. The number of amides is 1. The molecule has 0 spiro atoms. The molecular formula is C20H17FN6OS. The maximum absolute atomic E-state index is 14.2. The van der Waals surface area contributed by atoms with E-state index in [2.05, 4.69) is 25.8 Å². The highest BCUT2D eigenvalue weighted by Gasteiger charge is 2.13. The van der Waals surface area contributed by atoms with Crippen LogP contribution in [0.4, 0.5) is 10.1 Å². The van der Waals surface area contributed by atoms with Crippen LogP contribution in [0.15, 0.2) is 53.9 Å². The first-order chi connectivity index (χ1) is 14.1. The number of hydrogen-bond acceptors (Lipinski definition) is 6. The van der Waals surface area contributed by atoms with E-state index in [4.69, 9.17) is 0 Å². The summed E-state index contributed by atoms with van der Waals surface area (Å²) >= 11 is 1.51. The quantitative estimate of drug-likeness (QED) is 0.529. The Morgan fingerprint density at radius 3 is 2.79 bits per heavy atom. The number of carbonyl (C=O) groups is 1. The summed E-state index contributed by atoms with van der Waals surface area (Å²) < 4.78 is 15.6. The fourth-order valence-corrected chi connectivity index (χ4v) is 3.68. The molecule has 1 N–H and O–H groups in total. The van der Waals surface area contributed by atoms with Gasteiger partial charge in [-0.1, -0.05) is 30.3 Å². The van der Waals surface area contributed by atoms with Gasteiger partial charge in [-0.15, -0.1) is 16.4 Å². The number of aromatic nitrogens is 5. The van der Waals surface area contributed by atoms with Crippen LogP contribution in [0.2, 0.25) is 0 Å². The Hall–Kier alpha value is -3.46. The van der Waals surface area contributed by atoms with Crippen molar-refractivity contribution in [2.24, 2.45) is 0 Å². The molecule has 0 bridgehead atoms. The Morgan fingerprint density at radius 2 is 2.03 bits per heavy atom. The van der Waals surface area contributed by atoms with Crippen molar-refractivity contribution in [2.75, 3.05) is 5.32 Å². The molecule has 4 aromatic rings. The molecule has 0 saturated heterocycles. The largest absolute Gasteiger partial charge is 0.323 e. The molecule has 0 aliphatic heterocycles. The average Bonchev–Trinajstić information content (AvgIpc) is 3.33. The number of nitrogens with zero attached hydrogens (tertiary/aromatic N) is 5. The van der Waals surface area contributed by atoms with Crippen molar-refractivity contribution >= 4 is 22.9 Å². The van der Waals surface area contributed by atoms with E-state index in [0.29, 0.717) is 17.2 Å². The van der Waals surface area contributed by atoms with Crippen LogP contribution in [0, 0.1) is 12.7 Å². The highest BCUT2D eigenvalue weighted by Crippen LogP contribution is 2.20. The molecule has 7 nitrogen and oxygen atoms in total. The Bertz CT molecular complexity index is 1140. The molecule has 1 amide bonds. The van der Waals surface area contributed by atoms with Crippen molar-refractivity contribution in [2.45, 2.75) is 19.8 Å². The van der Waals surface area contributed by atoms with E-state index in [1.54, 1.807) is 13.0 Å². The second-order valence-electron chi connectivity index (χ2n) is 6.42. The van der Waals surface area contributed by atoms with Crippen LogP contribution < -0.4 is 5.32 Å². The van der Waals surface area contributed by atoms with Gasteiger partial charge < -0.3 is 5.32 Å². The number of nitrogens with one attached hydrogen (secondary N) is 1. The van der Waals surface area contributed by atoms with Gasteiger partial charge in [-0.25, -0.2) is 9.37 Å². The van der Waals surface area contributed by atoms with E-state index in [0.717, 1.165) is 17.0 Å². The van der Waals surface area contributed by atoms with Gasteiger partial charge in [-0.2, -0.15) is 4.68 Å². The topological polar surface area (TPSA) is 85.6 Å². The molecule has 9 heteroatoms. The first-order valence-electron chi connectivity index (χ1n) is 8.90. The third kappa shape index (κ3) is 4.52. The van der Waals surface area contributed by atoms with E-state index in [-0.39, 0.29) is 18.0 Å². The summed E-state index contributed by atoms with van der Waals surface area (Å²) in [4.78, 5) is 16.9. The lowest BCUT2D eigenvalue weighted by molar-refractivity contribution is -0.115. The molecule has 0 aliphatic carbocycles. The highest BCUT2D eigenvalue weighted by atomic mass is 32.1. The summed E-state index contributed by atoms with van der Waals surface area (Å²) in [5.74, 6) is -0.316. The van der Waals surface area contributed by atoms with Gasteiger partial charge in [0.2, 0.25) is 5.91 Å². The Balaban J connectivity index is 1.43. The number of hydrogen-bond donors (Lipinski definition) is 1. The average molecular weight is 408 g/mol. The summed E-state index contributed by atoms with van der Waals surface area (Å²) in [6, 6.07) is 14.3. The lowest BCUT2D eigenvalue weighted by Gasteiger charge is -2.08. The lowest BCUT2D eigenvalue weighted by atomic mass is 10.2. The Morgan fingerprint density at radius 1 is 1.21 bits per heavy atom. The highest BCUT2D eigenvalue weighted by molar-refractivity contribution is 7.09. The van der Waals surface area contributed by atoms with E-state index in [9.17, 15) is 9.18 Å².